The van der Waals surface area contributed by atoms with Crippen LogP contribution < -0.4 is 10.5 Å². The molecule has 2 aliphatic rings. The standard InChI is InChI=1S/C29H32FN5O5/c1-29(2,3)40-28(36)35-19-10-18(11-20(35)15-38-14-19)17-8-9-32-24(12-17)22-13-25(33-34-27(22)31)21-6-5-7-23(30)26(21)39-16-37-4/h5-10,12-13,19-20H,11,14-16H2,1-4H3,(H2,31,34)/t19-,20+/m1/s1. The van der Waals surface area contributed by atoms with E-state index in [1.807, 2.05) is 39.0 Å². The van der Waals surface area contributed by atoms with Crippen LogP contribution in [0.2, 0.25) is 0 Å². The van der Waals surface area contributed by atoms with Crippen molar-refractivity contribution in [2.45, 2.75) is 44.9 Å². The van der Waals surface area contributed by atoms with Gasteiger partial charge in [-0.2, -0.15) is 0 Å². The molecule has 1 aromatic carbocycles. The van der Waals surface area contributed by atoms with E-state index in [0.29, 0.717) is 42.1 Å². The number of halogens is 1. The summed E-state index contributed by atoms with van der Waals surface area (Å²) in [6, 6.07) is 9.72. The van der Waals surface area contributed by atoms with E-state index in [0.717, 1.165) is 11.1 Å². The molecule has 0 radical (unpaired) electrons. The maximum atomic E-state index is 14.6. The smallest absolute Gasteiger partial charge is 0.411 e. The highest BCUT2D eigenvalue weighted by atomic mass is 19.1. The minimum atomic E-state index is -0.588. The molecular formula is C29H32FN5O5. The Morgan fingerprint density at radius 1 is 1.15 bits per heavy atom. The number of hydrogen-bond donors (Lipinski definition) is 1. The number of para-hydroxylation sites is 1. The summed E-state index contributed by atoms with van der Waals surface area (Å²) in [7, 11) is 1.46. The van der Waals surface area contributed by atoms with Crippen LogP contribution in [0.1, 0.15) is 32.8 Å². The molecule has 1 amide bonds. The van der Waals surface area contributed by atoms with Crippen LogP contribution in [0, 0.1) is 5.82 Å². The van der Waals surface area contributed by atoms with Gasteiger partial charge in [-0.05, 0) is 68.7 Å². The molecule has 2 aromatic heterocycles. The van der Waals surface area contributed by atoms with Gasteiger partial charge in [0.1, 0.15) is 5.60 Å². The van der Waals surface area contributed by atoms with Crippen LogP contribution >= 0.6 is 0 Å². The van der Waals surface area contributed by atoms with Crippen molar-refractivity contribution >= 4 is 17.5 Å². The molecule has 3 aromatic rings. The molecular weight excluding hydrogens is 517 g/mol. The zero-order valence-corrected chi connectivity index (χ0v) is 22.9. The van der Waals surface area contributed by atoms with Crippen molar-refractivity contribution in [2.24, 2.45) is 0 Å². The third kappa shape index (κ3) is 5.75. The number of nitrogen functional groups attached to an aromatic ring is 1. The zero-order chi connectivity index (χ0) is 28.4. The van der Waals surface area contributed by atoms with Crippen molar-refractivity contribution < 1.29 is 28.1 Å². The van der Waals surface area contributed by atoms with Crippen LogP contribution in [-0.2, 0) is 14.2 Å². The largest absolute Gasteiger partial charge is 0.464 e. The Morgan fingerprint density at radius 3 is 2.73 bits per heavy atom. The summed E-state index contributed by atoms with van der Waals surface area (Å²) in [6.07, 6.45) is 4.00. The highest BCUT2D eigenvalue weighted by Gasteiger charge is 2.40. The quantitative estimate of drug-likeness (QED) is 0.436. The number of carbonyl (C=O) groups is 1. The van der Waals surface area contributed by atoms with Crippen molar-refractivity contribution in [3.63, 3.8) is 0 Å². The van der Waals surface area contributed by atoms with E-state index < -0.39 is 11.4 Å². The molecule has 210 valence electrons. The van der Waals surface area contributed by atoms with Gasteiger partial charge in [-0.3, -0.25) is 9.88 Å². The van der Waals surface area contributed by atoms with Crippen LogP contribution in [-0.4, -0.2) is 71.0 Å². The fraction of sp³-hybridized carbons (Fsp3) is 0.379. The maximum absolute atomic E-state index is 14.6. The maximum Gasteiger partial charge on any atom is 0.411 e. The summed E-state index contributed by atoms with van der Waals surface area (Å²) in [5.41, 5.74) is 9.56. The van der Waals surface area contributed by atoms with Gasteiger partial charge in [0.25, 0.3) is 0 Å². The Labute approximate surface area is 231 Å². The Bertz CT molecular complexity index is 1440. The van der Waals surface area contributed by atoms with Crippen LogP contribution in [0.25, 0.3) is 28.1 Å². The average molecular weight is 550 g/mol. The second-order valence-electron chi connectivity index (χ2n) is 10.7. The highest BCUT2D eigenvalue weighted by molar-refractivity contribution is 5.80. The Hall–Kier alpha value is -4.09. The van der Waals surface area contributed by atoms with Gasteiger partial charge in [-0.25, -0.2) is 9.18 Å². The predicted molar refractivity (Wildman–Crippen MR) is 147 cm³/mol. The number of amides is 1. The van der Waals surface area contributed by atoms with Gasteiger partial charge in [-0.15, -0.1) is 10.2 Å². The highest BCUT2D eigenvalue weighted by Crippen LogP contribution is 2.37. The van der Waals surface area contributed by atoms with Gasteiger partial charge < -0.3 is 24.7 Å². The summed E-state index contributed by atoms with van der Waals surface area (Å²) < 4.78 is 36.4. The fourth-order valence-corrected chi connectivity index (χ4v) is 4.90. The SMILES string of the molecule is COCOc1c(F)cccc1-c1cc(-c2cc(C3=C[C@@H]4COC[C@H](C3)N4C(=O)OC(C)(C)C)ccn2)c(N)nn1. The molecule has 4 heterocycles. The monoisotopic (exact) mass is 549 g/mol. The van der Waals surface area contributed by atoms with E-state index in [1.54, 1.807) is 29.3 Å². The summed E-state index contributed by atoms with van der Waals surface area (Å²) in [5.74, 6) is -0.357. The molecule has 2 bridgehead atoms. The summed E-state index contributed by atoms with van der Waals surface area (Å²) in [4.78, 5) is 19.3. The second-order valence-corrected chi connectivity index (χ2v) is 10.7. The lowest BCUT2D eigenvalue weighted by atomic mass is 9.90. The van der Waals surface area contributed by atoms with E-state index in [-0.39, 0.29) is 36.5 Å². The third-order valence-corrected chi connectivity index (χ3v) is 6.60. The number of benzene rings is 1. The number of nitrogens with zero attached hydrogens (tertiary/aromatic N) is 4. The lowest BCUT2D eigenvalue weighted by molar-refractivity contribution is -0.0510. The molecule has 0 spiro atoms. The molecule has 0 saturated carbocycles. The second kappa shape index (κ2) is 11.2. The molecule has 0 unspecified atom stereocenters. The van der Waals surface area contributed by atoms with Crippen molar-refractivity contribution in [3.05, 3.63) is 60.1 Å². The van der Waals surface area contributed by atoms with E-state index in [2.05, 4.69) is 15.2 Å². The van der Waals surface area contributed by atoms with Gasteiger partial charge in [0.05, 0.1) is 36.7 Å². The number of fused-ring (bicyclic) bond motifs is 2. The lowest BCUT2D eigenvalue weighted by Gasteiger charge is -2.44. The van der Waals surface area contributed by atoms with Crippen molar-refractivity contribution in [2.75, 3.05) is 32.9 Å². The first kappa shape index (κ1) is 27.5. The molecule has 11 heteroatoms. The summed E-state index contributed by atoms with van der Waals surface area (Å²) in [5, 5.41) is 8.30. The molecule has 10 nitrogen and oxygen atoms in total. The Morgan fingerprint density at radius 2 is 1.98 bits per heavy atom. The first-order valence-electron chi connectivity index (χ1n) is 12.9. The Kier molecular flexibility index (Phi) is 7.68. The number of ether oxygens (including phenoxy) is 4. The first-order chi connectivity index (χ1) is 19.1. The lowest BCUT2D eigenvalue weighted by Crippen LogP contribution is -2.57. The summed E-state index contributed by atoms with van der Waals surface area (Å²) in [6.45, 7) is 6.26. The molecule has 40 heavy (non-hydrogen) atoms. The van der Waals surface area contributed by atoms with E-state index in [9.17, 15) is 9.18 Å². The molecule has 2 aliphatic heterocycles. The first-order valence-corrected chi connectivity index (χ1v) is 12.9. The van der Waals surface area contributed by atoms with E-state index in [1.165, 1.54) is 13.2 Å². The minimum Gasteiger partial charge on any atom is -0.464 e. The third-order valence-electron chi connectivity index (χ3n) is 6.60. The molecule has 2 atom stereocenters. The van der Waals surface area contributed by atoms with Crippen molar-refractivity contribution in [1.82, 2.24) is 20.1 Å². The normalized spacial score (nSPS) is 18.7. The zero-order valence-electron chi connectivity index (χ0n) is 22.9. The van der Waals surface area contributed by atoms with Crippen LogP contribution in [0.15, 0.2) is 48.7 Å². The minimum absolute atomic E-state index is 0.00624. The Balaban J connectivity index is 1.47. The number of hydrogen-bond acceptors (Lipinski definition) is 9. The number of methoxy groups -OCH3 is 1. The predicted octanol–water partition coefficient (Wildman–Crippen LogP) is 4.70. The molecule has 0 aliphatic carbocycles. The van der Waals surface area contributed by atoms with E-state index in [4.69, 9.17) is 24.7 Å². The van der Waals surface area contributed by atoms with Gasteiger partial charge in [0.2, 0.25) is 0 Å². The fourth-order valence-electron chi connectivity index (χ4n) is 4.90. The van der Waals surface area contributed by atoms with Crippen LogP contribution in [0.3, 0.4) is 0 Å². The van der Waals surface area contributed by atoms with Gasteiger partial charge in [0.15, 0.2) is 24.2 Å². The van der Waals surface area contributed by atoms with Crippen molar-refractivity contribution in [1.29, 1.82) is 0 Å². The number of carbonyl (C=O) groups excluding carboxylic acids is 1. The number of nitrogens with two attached hydrogens (primary N) is 1. The number of anilines is 1. The molecule has 1 saturated heterocycles. The molecule has 1 fully saturated rings. The average Bonchev–Trinajstić information content (AvgIpc) is 2.91. The molecule has 5 rings (SSSR count). The molecule has 2 N–H and O–H groups in total. The van der Waals surface area contributed by atoms with Crippen LogP contribution in [0.4, 0.5) is 15.0 Å². The number of rotatable bonds is 6. The van der Waals surface area contributed by atoms with Crippen molar-refractivity contribution in [3.8, 4) is 28.3 Å². The topological polar surface area (TPSA) is 122 Å². The van der Waals surface area contributed by atoms with Crippen LogP contribution in [0.5, 0.6) is 5.75 Å². The number of pyridine rings is 1. The number of aromatic nitrogens is 3. The van der Waals surface area contributed by atoms with Gasteiger partial charge in [-0.1, -0.05) is 12.1 Å². The summed E-state index contributed by atoms with van der Waals surface area (Å²) >= 11 is 0. The van der Waals surface area contributed by atoms with Gasteiger partial charge >= 0.3 is 6.09 Å². The van der Waals surface area contributed by atoms with E-state index >= 15 is 0 Å². The van der Waals surface area contributed by atoms with Gasteiger partial charge in [0, 0.05) is 24.4 Å². The number of morpholine rings is 1.